The van der Waals surface area contributed by atoms with Gasteiger partial charge in [-0.1, -0.05) is 0 Å². The topological polar surface area (TPSA) is 25.4 Å². The lowest BCUT2D eigenvalue weighted by atomic mass is 10.3. The number of hydrogen-bond acceptors (Lipinski definition) is 3. The first-order valence-corrected chi connectivity index (χ1v) is 5.67. The smallest absolute Gasteiger partial charge is 0.220 e. The molecule has 4 heteroatoms. The van der Waals surface area contributed by atoms with E-state index in [0.717, 1.165) is 30.7 Å². The molecule has 1 saturated carbocycles. The summed E-state index contributed by atoms with van der Waals surface area (Å²) in [5.41, 5.74) is 0.524. The second kappa shape index (κ2) is 3.70. The second-order valence-corrected chi connectivity index (χ2v) is 4.71. The molecule has 1 aromatic rings. The van der Waals surface area contributed by atoms with E-state index in [0.29, 0.717) is 5.56 Å². The van der Waals surface area contributed by atoms with E-state index in [-0.39, 0.29) is 6.61 Å². The number of aromatic nitrogens is 1. The Morgan fingerprint density at radius 3 is 2.81 bits per heavy atom. The molecule has 2 heterocycles. The predicted molar refractivity (Wildman–Crippen MR) is 58.7 cm³/mol. The zero-order chi connectivity index (χ0) is 11.1. The van der Waals surface area contributed by atoms with Crippen LogP contribution in [-0.2, 0) is 11.3 Å². The molecule has 1 aromatic heterocycles. The van der Waals surface area contributed by atoms with E-state index in [1.807, 2.05) is 6.07 Å². The van der Waals surface area contributed by atoms with Crippen molar-refractivity contribution in [2.75, 3.05) is 25.1 Å². The van der Waals surface area contributed by atoms with Crippen molar-refractivity contribution in [3.05, 3.63) is 23.6 Å². The highest BCUT2D eigenvalue weighted by atomic mass is 19.1. The highest BCUT2D eigenvalue weighted by Gasteiger charge is 2.45. The normalized spacial score (nSPS) is 27.0. The van der Waals surface area contributed by atoms with Crippen LogP contribution in [0.4, 0.5) is 10.2 Å². The Bertz CT molecular complexity index is 400. The van der Waals surface area contributed by atoms with Gasteiger partial charge in [-0.2, -0.15) is 4.39 Å². The summed E-state index contributed by atoms with van der Waals surface area (Å²) >= 11 is 0. The van der Waals surface area contributed by atoms with Crippen molar-refractivity contribution in [3.63, 3.8) is 0 Å². The minimum atomic E-state index is -0.403. The Labute approximate surface area is 94.2 Å². The van der Waals surface area contributed by atoms with Gasteiger partial charge in [-0.05, 0) is 30.4 Å². The van der Waals surface area contributed by atoms with E-state index in [4.69, 9.17) is 4.74 Å². The molecule has 1 aliphatic carbocycles. The number of halogens is 1. The first-order valence-electron chi connectivity index (χ1n) is 5.67. The number of nitrogens with zero attached hydrogens (tertiary/aromatic N) is 2. The van der Waals surface area contributed by atoms with Gasteiger partial charge in [0.2, 0.25) is 5.95 Å². The van der Waals surface area contributed by atoms with E-state index in [1.54, 1.807) is 13.2 Å². The molecule has 86 valence electrons. The van der Waals surface area contributed by atoms with Crippen LogP contribution in [0, 0.1) is 17.8 Å². The Morgan fingerprint density at radius 2 is 2.19 bits per heavy atom. The maximum atomic E-state index is 13.6. The highest BCUT2D eigenvalue weighted by molar-refractivity contribution is 5.42. The Kier molecular flexibility index (Phi) is 2.32. The van der Waals surface area contributed by atoms with Crippen LogP contribution in [-0.4, -0.2) is 25.2 Å². The van der Waals surface area contributed by atoms with Gasteiger partial charge in [0.05, 0.1) is 6.61 Å². The Balaban J connectivity index is 1.78. The summed E-state index contributed by atoms with van der Waals surface area (Å²) in [6.45, 7) is 2.37. The van der Waals surface area contributed by atoms with Gasteiger partial charge in [-0.3, -0.25) is 0 Å². The third kappa shape index (κ3) is 1.67. The third-order valence-corrected chi connectivity index (χ3v) is 3.51. The number of fused-ring (bicyclic) bond motifs is 1. The standard InChI is InChI=1S/C12H15FN2O/c1-16-7-8-2-3-11(14-12(8)13)15-5-9-4-10(9)6-15/h2-3,9-10H,4-7H2,1H3. The van der Waals surface area contributed by atoms with Crippen molar-refractivity contribution in [1.82, 2.24) is 4.98 Å². The molecule has 0 aromatic carbocycles. The maximum absolute atomic E-state index is 13.6. The molecule has 3 rings (SSSR count). The number of ether oxygens (including phenoxy) is 1. The molecule has 3 nitrogen and oxygen atoms in total. The fraction of sp³-hybridized carbons (Fsp3) is 0.583. The average Bonchev–Trinajstić information content (AvgIpc) is 2.89. The SMILES string of the molecule is COCc1ccc(N2CC3CC3C2)nc1F. The monoisotopic (exact) mass is 222 g/mol. The summed E-state index contributed by atoms with van der Waals surface area (Å²) in [5.74, 6) is 2.04. The number of piperidine rings is 1. The van der Waals surface area contributed by atoms with Gasteiger partial charge in [-0.15, -0.1) is 0 Å². The number of rotatable bonds is 3. The van der Waals surface area contributed by atoms with Crippen LogP contribution in [0.15, 0.2) is 12.1 Å². The van der Waals surface area contributed by atoms with E-state index in [9.17, 15) is 4.39 Å². The quantitative estimate of drug-likeness (QED) is 0.729. The lowest BCUT2D eigenvalue weighted by Crippen LogP contribution is -2.23. The van der Waals surface area contributed by atoms with Crippen LogP contribution >= 0.6 is 0 Å². The van der Waals surface area contributed by atoms with E-state index in [2.05, 4.69) is 9.88 Å². The van der Waals surface area contributed by atoms with Crippen molar-refractivity contribution in [2.45, 2.75) is 13.0 Å². The second-order valence-electron chi connectivity index (χ2n) is 4.71. The summed E-state index contributed by atoms with van der Waals surface area (Å²) in [4.78, 5) is 6.19. The number of hydrogen-bond donors (Lipinski definition) is 0. The van der Waals surface area contributed by atoms with Crippen molar-refractivity contribution in [3.8, 4) is 0 Å². The summed E-state index contributed by atoms with van der Waals surface area (Å²) in [6, 6.07) is 3.66. The molecule has 0 spiro atoms. The molecule has 0 N–H and O–H groups in total. The molecule has 0 radical (unpaired) electrons. The zero-order valence-corrected chi connectivity index (χ0v) is 9.32. The fourth-order valence-electron chi connectivity index (χ4n) is 2.48. The molecular weight excluding hydrogens is 207 g/mol. The average molecular weight is 222 g/mol. The van der Waals surface area contributed by atoms with Crippen LogP contribution in [0.25, 0.3) is 0 Å². The molecule has 16 heavy (non-hydrogen) atoms. The number of anilines is 1. The summed E-state index contributed by atoms with van der Waals surface area (Å²) < 4.78 is 18.5. The summed E-state index contributed by atoms with van der Waals surface area (Å²) in [6.07, 6.45) is 1.35. The van der Waals surface area contributed by atoms with Crippen molar-refractivity contribution in [2.24, 2.45) is 11.8 Å². The van der Waals surface area contributed by atoms with Crippen molar-refractivity contribution < 1.29 is 9.13 Å². The number of pyridine rings is 1. The van der Waals surface area contributed by atoms with Crippen LogP contribution < -0.4 is 4.90 Å². The molecule has 2 atom stereocenters. The first kappa shape index (κ1) is 10.0. The Hall–Kier alpha value is -1.16. The van der Waals surface area contributed by atoms with E-state index >= 15 is 0 Å². The van der Waals surface area contributed by atoms with Crippen molar-refractivity contribution >= 4 is 5.82 Å². The van der Waals surface area contributed by atoms with Gasteiger partial charge in [0.25, 0.3) is 0 Å². The van der Waals surface area contributed by atoms with E-state index < -0.39 is 5.95 Å². The summed E-state index contributed by atoms with van der Waals surface area (Å²) in [7, 11) is 1.56. The van der Waals surface area contributed by atoms with Crippen LogP contribution in [0.3, 0.4) is 0 Å². The van der Waals surface area contributed by atoms with Crippen LogP contribution in [0.1, 0.15) is 12.0 Å². The third-order valence-electron chi connectivity index (χ3n) is 3.51. The van der Waals surface area contributed by atoms with Crippen LogP contribution in [0.5, 0.6) is 0 Å². The first-order chi connectivity index (χ1) is 7.78. The minimum absolute atomic E-state index is 0.282. The molecule has 1 saturated heterocycles. The molecule has 1 aliphatic heterocycles. The van der Waals surface area contributed by atoms with Gasteiger partial charge in [0, 0.05) is 25.8 Å². The van der Waals surface area contributed by atoms with E-state index in [1.165, 1.54) is 6.42 Å². The van der Waals surface area contributed by atoms with Gasteiger partial charge >= 0.3 is 0 Å². The maximum Gasteiger partial charge on any atom is 0.220 e. The largest absolute Gasteiger partial charge is 0.380 e. The predicted octanol–water partition coefficient (Wildman–Crippen LogP) is 1.82. The molecule has 2 fully saturated rings. The fourth-order valence-corrected chi connectivity index (χ4v) is 2.48. The molecule has 2 aliphatic rings. The molecule has 0 amide bonds. The Morgan fingerprint density at radius 1 is 1.44 bits per heavy atom. The van der Waals surface area contributed by atoms with Gasteiger partial charge < -0.3 is 9.64 Å². The number of methoxy groups -OCH3 is 1. The van der Waals surface area contributed by atoms with Gasteiger partial charge in [-0.25, -0.2) is 4.98 Å². The zero-order valence-electron chi connectivity index (χ0n) is 9.32. The van der Waals surface area contributed by atoms with Crippen LogP contribution in [0.2, 0.25) is 0 Å². The highest BCUT2D eigenvalue weighted by Crippen LogP contribution is 2.45. The molecule has 2 unspecified atom stereocenters. The van der Waals surface area contributed by atoms with Crippen molar-refractivity contribution in [1.29, 1.82) is 0 Å². The lowest BCUT2D eigenvalue weighted by molar-refractivity contribution is 0.180. The lowest BCUT2D eigenvalue weighted by Gasteiger charge is -2.19. The van der Waals surface area contributed by atoms with Gasteiger partial charge in [0.15, 0.2) is 0 Å². The summed E-state index contributed by atoms with van der Waals surface area (Å²) in [5, 5.41) is 0. The van der Waals surface area contributed by atoms with Gasteiger partial charge in [0.1, 0.15) is 5.82 Å². The molecule has 0 bridgehead atoms. The minimum Gasteiger partial charge on any atom is -0.380 e. The molecular formula is C12H15FN2O.